The molecule has 0 saturated carbocycles. The Balaban J connectivity index is 2.00. The monoisotopic (exact) mass is 248 g/mol. The highest BCUT2D eigenvalue weighted by Crippen LogP contribution is 2.16. The first-order valence-corrected chi connectivity index (χ1v) is 6.56. The van der Waals surface area contributed by atoms with Crippen molar-refractivity contribution in [2.24, 2.45) is 0 Å². The number of piperazine rings is 1. The van der Waals surface area contributed by atoms with Gasteiger partial charge in [0.2, 0.25) is 0 Å². The van der Waals surface area contributed by atoms with Crippen molar-refractivity contribution in [3.63, 3.8) is 0 Å². The highest BCUT2D eigenvalue weighted by molar-refractivity contribution is 5.94. The van der Waals surface area contributed by atoms with E-state index in [1.807, 2.05) is 4.90 Å². The molecule has 4 heteroatoms. The molecule has 1 fully saturated rings. The molecule has 0 atom stereocenters. The van der Waals surface area contributed by atoms with Gasteiger partial charge in [-0.05, 0) is 26.0 Å². The number of hydrogen-bond donors (Lipinski definition) is 0. The van der Waals surface area contributed by atoms with Crippen LogP contribution < -0.4 is 0 Å². The van der Waals surface area contributed by atoms with Crippen LogP contribution in [0.15, 0.2) is 24.5 Å². The Bertz CT molecular complexity index is 408. The van der Waals surface area contributed by atoms with E-state index in [0.29, 0.717) is 6.04 Å². The van der Waals surface area contributed by atoms with Gasteiger partial charge in [-0.3, -0.25) is 9.78 Å². The summed E-state index contributed by atoms with van der Waals surface area (Å²) in [7, 11) is 2.28. The molecular weight excluding hydrogens is 226 g/mol. The first kappa shape index (κ1) is 13.0. The molecule has 4 nitrogen and oxygen atoms in total. The normalized spacial score (nSPS) is 19.0. The smallest absolute Gasteiger partial charge is 0.254 e. The Morgan fingerprint density at radius 3 is 2.33 bits per heavy atom. The minimum absolute atomic E-state index is 0.132. The number of likely N-dealkylation sites (N-methyl/N-ethyl adjacent to an activating group) is 1. The Hall–Kier alpha value is -1.42. The summed E-state index contributed by atoms with van der Waals surface area (Å²) in [5.41, 5.74) is 0.741. The first-order chi connectivity index (χ1) is 8.53. The van der Waals surface area contributed by atoms with Crippen LogP contribution in [0.25, 0.3) is 0 Å². The number of carbonyl (C=O) groups excluding carboxylic acids is 1. The molecule has 1 saturated heterocycles. The molecule has 0 aromatic carbocycles. The van der Waals surface area contributed by atoms with Crippen LogP contribution in [0.5, 0.6) is 0 Å². The molecule has 0 bridgehead atoms. The van der Waals surface area contributed by atoms with E-state index in [0.717, 1.165) is 36.2 Å². The number of pyridine rings is 1. The van der Waals surface area contributed by atoms with E-state index in [4.69, 9.17) is 0 Å². The van der Waals surface area contributed by atoms with Crippen molar-refractivity contribution < 1.29 is 9.28 Å². The molecule has 1 aromatic rings. The minimum Gasteiger partial charge on any atom is -0.327 e. The van der Waals surface area contributed by atoms with E-state index in [1.54, 1.807) is 24.5 Å². The number of hydrogen-bond acceptors (Lipinski definition) is 2. The molecule has 1 aliphatic heterocycles. The number of amides is 1. The van der Waals surface area contributed by atoms with Crippen molar-refractivity contribution >= 4 is 5.91 Å². The maximum atomic E-state index is 12.3. The van der Waals surface area contributed by atoms with Gasteiger partial charge in [0.1, 0.15) is 0 Å². The third kappa shape index (κ3) is 2.53. The number of quaternary nitrogens is 1. The molecule has 18 heavy (non-hydrogen) atoms. The van der Waals surface area contributed by atoms with Crippen LogP contribution in [-0.2, 0) is 0 Å². The van der Waals surface area contributed by atoms with Crippen LogP contribution in [0.1, 0.15) is 24.2 Å². The van der Waals surface area contributed by atoms with E-state index < -0.39 is 0 Å². The van der Waals surface area contributed by atoms with Gasteiger partial charge in [0, 0.05) is 18.0 Å². The average Bonchev–Trinajstić information content (AvgIpc) is 2.40. The molecular formula is C14H22N3O+. The Morgan fingerprint density at radius 2 is 1.83 bits per heavy atom. The summed E-state index contributed by atoms with van der Waals surface area (Å²) in [6.07, 6.45) is 3.34. The van der Waals surface area contributed by atoms with Crippen LogP contribution in [0.4, 0.5) is 0 Å². The standard InChI is InChI=1S/C14H22N3O/c1-12(2)17(3)10-8-16(9-11-17)14(18)13-4-6-15-7-5-13/h4-7,12H,8-11H2,1-3H3/q+1. The van der Waals surface area contributed by atoms with Crippen LogP contribution in [0.3, 0.4) is 0 Å². The number of aromatic nitrogens is 1. The molecule has 2 heterocycles. The van der Waals surface area contributed by atoms with Crippen LogP contribution in [-0.4, -0.2) is 59.5 Å². The van der Waals surface area contributed by atoms with Crippen LogP contribution in [0, 0.1) is 0 Å². The molecule has 0 radical (unpaired) electrons. The molecule has 1 aromatic heterocycles. The van der Waals surface area contributed by atoms with Crippen molar-refractivity contribution in [3.8, 4) is 0 Å². The van der Waals surface area contributed by atoms with E-state index in [2.05, 4.69) is 25.9 Å². The second-order valence-electron chi connectivity index (χ2n) is 5.55. The lowest BCUT2D eigenvalue weighted by Gasteiger charge is -2.44. The van der Waals surface area contributed by atoms with E-state index in [1.165, 1.54) is 0 Å². The van der Waals surface area contributed by atoms with Gasteiger partial charge in [-0.2, -0.15) is 0 Å². The predicted molar refractivity (Wildman–Crippen MR) is 71.2 cm³/mol. The molecule has 1 amide bonds. The molecule has 0 unspecified atom stereocenters. The van der Waals surface area contributed by atoms with Crippen LogP contribution >= 0.6 is 0 Å². The predicted octanol–water partition coefficient (Wildman–Crippen LogP) is 1.39. The highest BCUT2D eigenvalue weighted by atomic mass is 16.2. The van der Waals surface area contributed by atoms with Gasteiger partial charge >= 0.3 is 0 Å². The average molecular weight is 248 g/mol. The highest BCUT2D eigenvalue weighted by Gasteiger charge is 2.33. The zero-order chi connectivity index (χ0) is 13.2. The summed E-state index contributed by atoms with van der Waals surface area (Å²) >= 11 is 0. The fourth-order valence-corrected chi connectivity index (χ4v) is 2.32. The number of carbonyl (C=O) groups is 1. The summed E-state index contributed by atoms with van der Waals surface area (Å²) in [6.45, 7) is 8.26. The Kier molecular flexibility index (Phi) is 3.66. The summed E-state index contributed by atoms with van der Waals surface area (Å²) in [5.74, 6) is 0.132. The van der Waals surface area contributed by atoms with Gasteiger partial charge in [0.15, 0.2) is 0 Å². The van der Waals surface area contributed by atoms with Crippen LogP contribution in [0.2, 0.25) is 0 Å². The van der Waals surface area contributed by atoms with E-state index in [9.17, 15) is 4.79 Å². The third-order valence-electron chi connectivity index (χ3n) is 4.22. The van der Waals surface area contributed by atoms with E-state index in [-0.39, 0.29) is 5.91 Å². The van der Waals surface area contributed by atoms with Gasteiger partial charge in [0.25, 0.3) is 5.91 Å². The maximum Gasteiger partial charge on any atom is 0.254 e. The quantitative estimate of drug-likeness (QED) is 0.741. The number of nitrogens with zero attached hydrogens (tertiary/aromatic N) is 3. The summed E-state index contributed by atoms with van der Waals surface area (Å²) < 4.78 is 1.06. The molecule has 0 spiro atoms. The second kappa shape index (κ2) is 5.06. The summed E-state index contributed by atoms with van der Waals surface area (Å²) in [4.78, 5) is 18.2. The van der Waals surface area contributed by atoms with Crippen molar-refractivity contribution in [2.45, 2.75) is 19.9 Å². The fourth-order valence-electron chi connectivity index (χ4n) is 2.32. The van der Waals surface area contributed by atoms with Crippen molar-refractivity contribution in [2.75, 3.05) is 33.2 Å². The molecule has 2 rings (SSSR count). The van der Waals surface area contributed by atoms with Gasteiger partial charge < -0.3 is 9.38 Å². The summed E-state index contributed by atoms with van der Waals surface area (Å²) in [6, 6.07) is 4.18. The lowest BCUT2D eigenvalue weighted by Crippen LogP contribution is -2.61. The van der Waals surface area contributed by atoms with Gasteiger partial charge in [-0.1, -0.05) is 0 Å². The minimum atomic E-state index is 0.132. The molecule has 98 valence electrons. The largest absolute Gasteiger partial charge is 0.327 e. The van der Waals surface area contributed by atoms with E-state index >= 15 is 0 Å². The van der Waals surface area contributed by atoms with Gasteiger partial charge in [-0.25, -0.2) is 0 Å². The zero-order valence-corrected chi connectivity index (χ0v) is 11.5. The lowest BCUT2D eigenvalue weighted by molar-refractivity contribution is -0.933. The maximum absolute atomic E-state index is 12.3. The van der Waals surface area contributed by atoms with Crippen molar-refractivity contribution in [3.05, 3.63) is 30.1 Å². The van der Waals surface area contributed by atoms with Gasteiger partial charge in [-0.15, -0.1) is 0 Å². The fraction of sp³-hybridized carbons (Fsp3) is 0.571. The van der Waals surface area contributed by atoms with Gasteiger partial charge in [0.05, 0.1) is 39.3 Å². The lowest BCUT2D eigenvalue weighted by atomic mass is 10.1. The molecule has 1 aliphatic rings. The molecule has 0 N–H and O–H groups in total. The second-order valence-corrected chi connectivity index (χ2v) is 5.55. The van der Waals surface area contributed by atoms with Crippen molar-refractivity contribution in [1.29, 1.82) is 0 Å². The third-order valence-corrected chi connectivity index (χ3v) is 4.22. The number of rotatable bonds is 2. The summed E-state index contributed by atoms with van der Waals surface area (Å²) in [5, 5.41) is 0. The first-order valence-electron chi connectivity index (χ1n) is 6.56. The Morgan fingerprint density at radius 1 is 1.28 bits per heavy atom. The topological polar surface area (TPSA) is 33.2 Å². The SMILES string of the molecule is CC(C)[N+]1(C)CCN(C(=O)c2ccncc2)CC1. The molecule has 0 aliphatic carbocycles. The zero-order valence-electron chi connectivity index (χ0n) is 11.5. The Labute approximate surface area is 109 Å². The van der Waals surface area contributed by atoms with Crippen molar-refractivity contribution in [1.82, 2.24) is 9.88 Å².